The minimum atomic E-state index is -0.282. The van der Waals surface area contributed by atoms with Crippen LogP contribution >= 0.6 is 11.8 Å². The van der Waals surface area contributed by atoms with Gasteiger partial charge in [-0.1, -0.05) is 60.6 Å². The predicted molar refractivity (Wildman–Crippen MR) is 142 cm³/mol. The van der Waals surface area contributed by atoms with Gasteiger partial charge in [-0.3, -0.25) is 4.79 Å². The van der Waals surface area contributed by atoms with Gasteiger partial charge in [0.15, 0.2) is 0 Å². The molecule has 0 aliphatic carbocycles. The van der Waals surface area contributed by atoms with Gasteiger partial charge in [-0.2, -0.15) is 0 Å². The van der Waals surface area contributed by atoms with Crippen molar-refractivity contribution in [3.63, 3.8) is 0 Å². The van der Waals surface area contributed by atoms with E-state index in [1.54, 1.807) is 17.8 Å². The van der Waals surface area contributed by atoms with Crippen LogP contribution in [0.1, 0.15) is 55.0 Å². The number of likely N-dealkylation sites (tertiary alicyclic amines) is 2. The molecule has 0 radical (unpaired) electrons. The number of carbonyl (C=O) groups is 1. The van der Waals surface area contributed by atoms with Crippen LogP contribution in [0.5, 0.6) is 0 Å². The standard InChI is InChI=1S/C29H36FN3OS/c30-25-12-7-9-23(21-25)22-27-28(34)33(29(35-27)24-10-3-1-4-11-24)18-8-15-31-19-13-26(14-20-31)32-16-5-2-6-17-32/h1,3-4,7,9-12,21-22,26,29H,2,5-6,8,13-20H2/b27-22+. The Bertz CT molecular complexity index is 1020. The Morgan fingerprint density at radius 1 is 0.914 bits per heavy atom. The number of amides is 1. The molecule has 1 atom stereocenters. The summed E-state index contributed by atoms with van der Waals surface area (Å²) < 4.78 is 13.7. The van der Waals surface area contributed by atoms with Crippen LogP contribution in [-0.2, 0) is 4.79 Å². The van der Waals surface area contributed by atoms with Crippen LogP contribution in [0.15, 0.2) is 59.5 Å². The lowest BCUT2D eigenvalue weighted by Crippen LogP contribution is -2.47. The number of piperidine rings is 2. The zero-order valence-corrected chi connectivity index (χ0v) is 21.3. The first kappa shape index (κ1) is 24.5. The monoisotopic (exact) mass is 493 g/mol. The molecular formula is C29H36FN3OS. The number of carbonyl (C=O) groups excluding carboxylic acids is 1. The number of halogens is 1. The van der Waals surface area contributed by atoms with Crippen molar-refractivity contribution >= 4 is 23.7 Å². The van der Waals surface area contributed by atoms with Crippen molar-refractivity contribution in [2.45, 2.75) is 49.9 Å². The minimum Gasteiger partial charge on any atom is -0.322 e. The highest BCUT2D eigenvalue weighted by Gasteiger charge is 2.37. The van der Waals surface area contributed by atoms with E-state index in [0.717, 1.165) is 49.8 Å². The van der Waals surface area contributed by atoms with E-state index in [2.05, 4.69) is 21.9 Å². The summed E-state index contributed by atoms with van der Waals surface area (Å²) in [5.41, 5.74) is 1.86. The normalized spacial score (nSPS) is 23.9. The van der Waals surface area contributed by atoms with E-state index < -0.39 is 0 Å². The first-order valence-electron chi connectivity index (χ1n) is 13.1. The van der Waals surface area contributed by atoms with Crippen molar-refractivity contribution in [1.29, 1.82) is 0 Å². The SMILES string of the molecule is O=C1/C(=C\c2cccc(F)c2)SC(c2ccccc2)N1CCCN1CCC(N2CCCCC2)CC1. The Balaban J connectivity index is 1.20. The van der Waals surface area contributed by atoms with Gasteiger partial charge < -0.3 is 14.7 Å². The van der Waals surface area contributed by atoms with Crippen LogP contribution in [0, 0.1) is 5.82 Å². The minimum absolute atomic E-state index is 0.0339. The summed E-state index contributed by atoms with van der Waals surface area (Å²) in [4.78, 5) is 21.4. The van der Waals surface area contributed by atoms with Crippen LogP contribution in [0.4, 0.5) is 4.39 Å². The molecule has 6 heteroatoms. The molecule has 4 nitrogen and oxygen atoms in total. The highest BCUT2D eigenvalue weighted by Crippen LogP contribution is 2.46. The molecule has 3 saturated heterocycles. The zero-order chi connectivity index (χ0) is 24.0. The van der Waals surface area contributed by atoms with E-state index in [9.17, 15) is 9.18 Å². The van der Waals surface area contributed by atoms with Gasteiger partial charge in [-0.05, 0) is 94.2 Å². The Kier molecular flexibility index (Phi) is 8.22. The maximum atomic E-state index is 13.7. The van der Waals surface area contributed by atoms with Gasteiger partial charge in [0.25, 0.3) is 5.91 Å². The van der Waals surface area contributed by atoms with Gasteiger partial charge in [0.1, 0.15) is 11.2 Å². The van der Waals surface area contributed by atoms with Crippen molar-refractivity contribution in [3.8, 4) is 0 Å². The summed E-state index contributed by atoms with van der Waals surface area (Å²) in [6, 6.07) is 17.5. The fourth-order valence-electron chi connectivity index (χ4n) is 5.67. The molecule has 1 amide bonds. The van der Waals surface area contributed by atoms with Gasteiger partial charge in [-0.15, -0.1) is 0 Å². The summed E-state index contributed by atoms with van der Waals surface area (Å²) in [6.45, 7) is 6.66. The summed E-state index contributed by atoms with van der Waals surface area (Å²) >= 11 is 1.58. The molecule has 35 heavy (non-hydrogen) atoms. The van der Waals surface area contributed by atoms with E-state index in [1.807, 2.05) is 35.2 Å². The van der Waals surface area contributed by atoms with E-state index >= 15 is 0 Å². The van der Waals surface area contributed by atoms with Gasteiger partial charge in [0, 0.05) is 12.6 Å². The second-order valence-corrected chi connectivity index (χ2v) is 11.1. The molecule has 1 unspecified atom stereocenters. The van der Waals surface area contributed by atoms with Crippen molar-refractivity contribution in [1.82, 2.24) is 14.7 Å². The first-order valence-corrected chi connectivity index (χ1v) is 14.0. The molecule has 3 aliphatic heterocycles. The van der Waals surface area contributed by atoms with Crippen LogP contribution in [-0.4, -0.2) is 65.9 Å². The molecule has 3 heterocycles. The molecule has 2 aromatic carbocycles. The molecule has 0 bridgehead atoms. The maximum Gasteiger partial charge on any atom is 0.261 e. The number of nitrogens with zero attached hydrogens (tertiary/aromatic N) is 3. The topological polar surface area (TPSA) is 26.8 Å². The Morgan fingerprint density at radius 3 is 2.43 bits per heavy atom. The van der Waals surface area contributed by atoms with Crippen LogP contribution in [0.25, 0.3) is 6.08 Å². The van der Waals surface area contributed by atoms with Crippen molar-refractivity contribution in [3.05, 3.63) is 76.4 Å². The Labute approximate surface area is 213 Å². The smallest absolute Gasteiger partial charge is 0.261 e. The molecule has 0 spiro atoms. The fraction of sp³-hybridized carbons (Fsp3) is 0.483. The molecule has 0 saturated carbocycles. The van der Waals surface area contributed by atoms with Crippen molar-refractivity contribution < 1.29 is 9.18 Å². The first-order chi connectivity index (χ1) is 17.2. The van der Waals surface area contributed by atoms with E-state index in [1.165, 1.54) is 57.3 Å². The summed E-state index contributed by atoms with van der Waals surface area (Å²) in [7, 11) is 0. The van der Waals surface area contributed by atoms with Crippen LogP contribution in [0.2, 0.25) is 0 Å². The maximum absolute atomic E-state index is 13.7. The number of thioether (sulfide) groups is 1. The number of hydrogen-bond donors (Lipinski definition) is 0. The lowest BCUT2D eigenvalue weighted by atomic mass is 10.00. The van der Waals surface area contributed by atoms with E-state index in [-0.39, 0.29) is 17.1 Å². The third-order valence-corrected chi connectivity index (χ3v) is 8.86. The molecule has 2 aromatic rings. The van der Waals surface area contributed by atoms with E-state index in [0.29, 0.717) is 4.91 Å². The second kappa shape index (κ2) is 11.7. The third kappa shape index (κ3) is 6.16. The summed E-state index contributed by atoms with van der Waals surface area (Å²) in [5, 5.41) is -0.0339. The molecule has 3 fully saturated rings. The van der Waals surface area contributed by atoms with Gasteiger partial charge in [-0.25, -0.2) is 4.39 Å². The average molecular weight is 494 g/mol. The molecular weight excluding hydrogens is 457 g/mol. The van der Waals surface area contributed by atoms with Crippen LogP contribution < -0.4 is 0 Å². The molecule has 0 aromatic heterocycles. The number of rotatable bonds is 7. The van der Waals surface area contributed by atoms with Gasteiger partial charge in [0.2, 0.25) is 0 Å². The largest absolute Gasteiger partial charge is 0.322 e. The van der Waals surface area contributed by atoms with Gasteiger partial charge >= 0.3 is 0 Å². The number of hydrogen-bond acceptors (Lipinski definition) is 4. The molecule has 0 N–H and O–H groups in total. The van der Waals surface area contributed by atoms with E-state index in [4.69, 9.17) is 0 Å². The lowest BCUT2D eigenvalue weighted by Gasteiger charge is -2.40. The van der Waals surface area contributed by atoms with Crippen molar-refractivity contribution in [2.75, 3.05) is 39.3 Å². The molecule has 5 rings (SSSR count). The summed E-state index contributed by atoms with van der Waals surface area (Å²) in [6.07, 6.45) is 9.46. The average Bonchev–Trinajstić information content (AvgIpc) is 3.20. The van der Waals surface area contributed by atoms with Crippen LogP contribution in [0.3, 0.4) is 0 Å². The highest BCUT2D eigenvalue weighted by atomic mass is 32.2. The lowest BCUT2D eigenvalue weighted by molar-refractivity contribution is -0.126. The second-order valence-electron chi connectivity index (χ2n) is 9.97. The molecule has 186 valence electrons. The quantitative estimate of drug-likeness (QED) is 0.457. The van der Waals surface area contributed by atoms with Crippen molar-refractivity contribution in [2.24, 2.45) is 0 Å². The zero-order valence-electron chi connectivity index (χ0n) is 20.4. The Morgan fingerprint density at radius 2 is 1.69 bits per heavy atom. The molecule has 3 aliphatic rings. The number of benzene rings is 2. The Hall–Kier alpha value is -2.15. The predicted octanol–water partition coefficient (Wildman–Crippen LogP) is 5.78. The van der Waals surface area contributed by atoms with Gasteiger partial charge in [0.05, 0.1) is 4.91 Å². The third-order valence-electron chi connectivity index (χ3n) is 7.56. The fourth-order valence-corrected chi connectivity index (χ4v) is 6.95. The summed E-state index contributed by atoms with van der Waals surface area (Å²) in [5.74, 6) is -0.229. The highest BCUT2D eigenvalue weighted by molar-refractivity contribution is 8.04.